The van der Waals surface area contributed by atoms with Crippen molar-refractivity contribution in [1.82, 2.24) is 0 Å². The molecular weight excluding hydrogens is 298 g/mol. The fraction of sp³-hybridized carbons (Fsp3) is 0.294. The maximum absolute atomic E-state index is 12.3. The average molecular weight is 317 g/mol. The molecule has 1 aromatic heterocycles. The second-order valence-corrected chi connectivity index (χ2v) is 5.15. The minimum atomic E-state index is -1.11. The summed E-state index contributed by atoms with van der Waals surface area (Å²) in [6.07, 6.45) is 0.395. The van der Waals surface area contributed by atoms with E-state index in [1.807, 2.05) is 19.9 Å². The monoisotopic (exact) mass is 317 g/mol. The fourth-order valence-corrected chi connectivity index (χ4v) is 2.44. The van der Waals surface area contributed by atoms with E-state index in [0.29, 0.717) is 17.9 Å². The number of nitrogens with one attached hydrogen (secondary N) is 1. The molecule has 0 radical (unpaired) electrons. The number of carbonyl (C=O) groups excluding carboxylic acids is 1. The van der Waals surface area contributed by atoms with Gasteiger partial charge >= 0.3 is 5.97 Å². The van der Waals surface area contributed by atoms with Crippen molar-refractivity contribution in [2.75, 3.05) is 12.4 Å². The maximum Gasteiger partial charge on any atom is 0.339 e. The van der Waals surface area contributed by atoms with Crippen molar-refractivity contribution in [3.05, 3.63) is 46.4 Å². The van der Waals surface area contributed by atoms with E-state index in [2.05, 4.69) is 5.32 Å². The molecule has 2 aromatic rings. The lowest BCUT2D eigenvalue weighted by Crippen LogP contribution is -2.12. The Bertz CT molecular complexity index is 761. The number of rotatable bonds is 5. The van der Waals surface area contributed by atoms with E-state index in [-0.39, 0.29) is 17.1 Å². The number of aromatic carboxylic acids is 1. The summed E-state index contributed by atoms with van der Waals surface area (Å²) in [7, 11) is 1.57. The van der Waals surface area contributed by atoms with Gasteiger partial charge in [0.15, 0.2) is 5.76 Å². The van der Waals surface area contributed by atoms with Crippen molar-refractivity contribution < 1.29 is 23.8 Å². The van der Waals surface area contributed by atoms with Crippen LogP contribution in [0, 0.1) is 13.8 Å². The van der Waals surface area contributed by atoms with Crippen LogP contribution in [0.4, 0.5) is 5.69 Å². The van der Waals surface area contributed by atoms with Crippen LogP contribution in [-0.4, -0.2) is 24.1 Å². The molecule has 6 nitrogen and oxygen atoms in total. The summed E-state index contributed by atoms with van der Waals surface area (Å²) in [5, 5.41) is 11.8. The smallest absolute Gasteiger partial charge is 0.339 e. The maximum atomic E-state index is 12.3. The van der Waals surface area contributed by atoms with Gasteiger partial charge in [-0.15, -0.1) is 0 Å². The van der Waals surface area contributed by atoms with Gasteiger partial charge in [0.25, 0.3) is 5.91 Å². The number of furan rings is 1. The third kappa shape index (κ3) is 3.21. The van der Waals surface area contributed by atoms with Crippen molar-refractivity contribution >= 4 is 17.6 Å². The van der Waals surface area contributed by atoms with Crippen LogP contribution in [-0.2, 0) is 6.42 Å². The van der Waals surface area contributed by atoms with Crippen LogP contribution in [0.5, 0.6) is 5.75 Å². The first-order valence-corrected chi connectivity index (χ1v) is 7.20. The first kappa shape index (κ1) is 16.6. The third-order valence-corrected chi connectivity index (χ3v) is 3.64. The lowest BCUT2D eigenvalue weighted by Gasteiger charge is -2.13. The van der Waals surface area contributed by atoms with Crippen molar-refractivity contribution in [3.63, 3.8) is 0 Å². The Kier molecular flexibility index (Phi) is 4.74. The summed E-state index contributed by atoms with van der Waals surface area (Å²) in [6.45, 7) is 5.52. The van der Waals surface area contributed by atoms with E-state index in [9.17, 15) is 9.59 Å². The number of carboxylic acid groups (broad SMARTS) is 1. The number of carbonyl (C=O) groups is 2. The minimum absolute atomic E-state index is 0.0101. The topological polar surface area (TPSA) is 88.8 Å². The number of aryl methyl sites for hydroxylation is 2. The molecule has 0 saturated heterocycles. The van der Waals surface area contributed by atoms with Crippen molar-refractivity contribution in [1.29, 1.82) is 0 Å². The molecule has 0 aliphatic carbocycles. The molecule has 1 aromatic carbocycles. The number of amides is 1. The standard InChI is InChI=1S/C17H19NO5/c1-5-13-11(17(20)21)8-14(23-13)16(19)18-12-7-6-9(2)15(22-4)10(12)3/h6-8H,5H2,1-4H3,(H,18,19)(H,20,21). The average Bonchev–Trinajstić information content (AvgIpc) is 2.95. The van der Waals surface area contributed by atoms with Gasteiger partial charge in [-0.05, 0) is 25.5 Å². The quantitative estimate of drug-likeness (QED) is 0.882. The van der Waals surface area contributed by atoms with Crippen molar-refractivity contribution in [2.24, 2.45) is 0 Å². The summed E-state index contributed by atoms with van der Waals surface area (Å²) in [5.41, 5.74) is 2.35. The minimum Gasteiger partial charge on any atom is -0.496 e. The third-order valence-electron chi connectivity index (χ3n) is 3.64. The van der Waals surface area contributed by atoms with Gasteiger partial charge in [0.2, 0.25) is 0 Å². The number of carboxylic acids is 1. The van der Waals surface area contributed by atoms with E-state index in [1.54, 1.807) is 20.1 Å². The number of methoxy groups -OCH3 is 1. The SMILES string of the molecule is CCc1oc(C(=O)Nc2ccc(C)c(OC)c2C)cc1C(=O)O. The van der Waals surface area contributed by atoms with Gasteiger partial charge in [0.1, 0.15) is 17.1 Å². The molecule has 0 atom stereocenters. The lowest BCUT2D eigenvalue weighted by atomic mass is 10.1. The normalized spacial score (nSPS) is 10.4. The van der Waals surface area contributed by atoms with E-state index in [4.69, 9.17) is 14.3 Å². The second kappa shape index (κ2) is 6.56. The van der Waals surface area contributed by atoms with Gasteiger partial charge in [-0.25, -0.2) is 4.79 Å². The molecule has 122 valence electrons. The predicted octanol–water partition coefficient (Wildman–Crippen LogP) is 3.42. The Balaban J connectivity index is 2.31. The zero-order chi connectivity index (χ0) is 17.1. The second-order valence-electron chi connectivity index (χ2n) is 5.15. The molecule has 2 N–H and O–H groups in total. The summed E-state index contributed by atoms with van der Waals surface area (Å²) in [5.74, 6) is -0.666. The number of hydrogen-bond donors (Lipinski definition) is 2. The zero-order valence-electron chi connectivity index (χ0n) is 13.5. The van der Waals surface area contributed by atoms with Crippen LogP contribution in [0.15, 0.2) is 22.6 Å². The highest BCUT2D eigenvalue weighted by molar-refractivity contribution is 6.04. The zero-order valence-corrected chi connectivity index (χ0v) is 13.5. The Labute approximate surface area is 134 Å². The van der Waals surface area contributed by atoms with Crippen LogP contribution >= 0.6 is 0 Å². The number of anilines is 1. The molecule has 6 heteroatoms. The van der Waals surface area contributed by atoms with Crippen LogP contribution in [0.2, 0.25) is 0 Å². The largest absolute Gasteiger partial charge is 0.496 e. The summed E-state index contributed by atoms with van der Waals surface area (Å²) in [6, 6.07) is 4.86. The Hall–Kier alpha value is -2.76. The van der Waals surface area contributed by atoms with Crippen molar-refractivity contribution in [3.8, 4) is 5.75 Å². The van der Waals surface area contributed by atoms with E-state index in [1.165, 1.54) is 6.07 Å². The molecule has 0 fully saturated rings. The van der Waals surface area contributed by atoms with Gasteiger partial charge < -0.3 is 19.6 Å². The molecular formula is C17H19NO5. The molecule has 0 spiro atoms. The number of benzene rings is 1. The highest BCUT2D eigenvalue weighted by Crippen LogP contribution is 2.29. The first-order chi connectivity index (χ1) is 10.9. The molecule has 0 unspecified atom stereocenters. The molecule has 0 saturated carbocycles. The van der Waals surface area contributed by atoms with Crippen LogP contribution in [0.1, 0.15) is 44.7 Å². The lowest BCUT2D eigenvalue weighted by molar-refractivity contribution is 0.0694. The summed E-state index contributed by atoms with van der Waals surface area (Å²) in [4.78, 5) is 23.5. The predicted molar refractivity (Wildman–Crippen MR) is 85.5 cm³/mol. The Morgan fingerprint density at radius 3 is 2.52 bits per heavy atom. The summed E-state index contributed by atoms with van der Waals surface area (Å²) < 4.78 is 10.7. The van der Waals surface area contributed by atoms with Crippen LogP contribution in [0.25, 0.3) is 0 Å². The van der Waals surface area contributed by atoms with Crippen molar-refractivity contribution in [2.45, 2.75) is 27.2 Å². The van der Waals surface area contributed by atoms with Crippen LogP contribution < -0.4 is 10.1 Å². The van der Waals surface area contributed by atoms with Gasteiger partial charge in [-0.3, -0.25) is 4.79 Å². The number of hydrogen-bond acceptors (Lipinski definition) is 4. The highest BCUT2D eigenvalue weighted by atomic mass is 16.5. The van der Waals surface area contributed by atoms with Gasteiger partial charge in [-0.2, -0.15) is 0 Å². The molecule has 0 aliphatic heterocycles. The first-order valence-electron chi connectivity index (χ1n) is 7.20. The molecule has 23 heavy (non-hydrogen) atoms. The van der Waals surface area contributed by atoms with Gasteiger partial charge in [-0.1, -0.05) is 13.0 Å². The van der Waals surface area contributed by atoms with Gasteiger partial charge in [0.05, 0.1) is 7.11 Å². The molecule has 1 heterocycles. The van der Waals surface area contributed by atoms with E-state index < -0.39 is 11.9 Å². The Morgan fingerprint density at radius 1 is 1.30 bits per heavy atom. The van der Waals surface area contributed by atoms with Gasteiger partial charge in [0, 0.05) is 23.7 Å². The van der Waals surface area contributed by atoms with E-state index >= 15 is 0 Å². The molecule has 1 amide bonds. The highest BCUT2D eigenvalue weighted by Gasteiger charge is 2.21. The molecule has 0 bridgehead atoms. The molecule has 0 aliphatic rings. The Morgan fingerprint density at radius 2 is 2.00 bits per heavy atom. The number of ether oxygens (including phenoxy) is 1. The van der Waals surface area contributed by atoms with E-state index in [0.717, 1.165) is 11.1 Å². The fourth-order valence-electron chi connectivity index (χ4n) is 2.44. The summed E-state index contributed by atoms with van der Waals surface area (Å²) >= 11 is 0. The molecule has 2 rings (SSSR count). The van der Waals surface area contributed by atoms with Crippen LogP contribution in [0.3, 0.4) is 0 Å².